The van der Waals surface area contributed by atoms with Crippen LogP contribution in [0.5, 0.6) is 11.8 Å². The van der Waals surface area contributed by atoms with E-state index in [9.17, 15) is 19.8 Å². The van der Waals surface area contributed by atoms with Crippen LogP contribution in [0, 0.1) is 5.92 Å². The van der Waals surface area contributed by atoms with Gasteiger partial charge in [-0.15, -0.1) is 5.10 Å². The number of aromatic nitrogens is 5. The van der Waals surface area contributed by atoms with E-state index in [4.69, 9.17) is 9.47 Å². The van der Waals surface area contributed by atoms with Crippen LogP contribution in [0.2, 0.25) is 0 Å². The Hall–Kier alpha value is -5.16. The predicted octanol–water partition coefficient (Wildman–Crippen LogP) is 4.02. The largest absolute Gasteiger partial charge is 0.481 e. The maximum absolute atomic E-state index is 13.1. The van der Waals surface area contributed by atoms with Crippen molar-refractivity contribution in [3.63, 3.8) is 0 Å². The number of aliphatic hydroxyl groups excluding tert-OH is 1. The van der Waals surface area contributed by atoms with Crippen molar-refractivity contribution in [2.24, 2.45) is 5.92 Å². The Morgan fingerprint density at radius 2 is 1.44 bits per heavy atom. The van der Waals surface area contributed by atoms with Crippen LogP contribution in [-0.2, 0) is 17.8 Å². The highest BCUT2D eigenvalue weighted by atomic mass is 16.5. The third-order valence-electron chi connectivity index (χ3n) is 7.40. The molecule has 3 heterocycles. The Kier molecular flexibility index (Phi) is 9.02. The lowest BCUT2D eigenvalue weighted by atomic mass is 9.93. The molecular weight excluding hydrogens is 550 g/mol. The topological polar surface area (TPSA) is 150 Å². The number of hydrogen-bond donors (Lipinski definition) is 2. The van der Waals surface area contributed by atoms with Crippen molar-refractivity contribution in [2.75, 3.05) is 14.2 Å². The second kappa shape index (κ2) is 13.2. The Morgan fingerprint density at radius 1 is 0.837 bits per heavy atom. The highest BCUT2D eigenvalue weighted by Crippen LogP contribution is 2.24. The SMILES string of the molecule is COc1ccc(-c2ccc(CC[C@@H](O)C(CCn3nnc4cc(-c5ccc(OC)nc5)ccc4c3=O)C(=O)O)cc2)cn1. The molecule has 0 fully saturated rings. The summed E-state index contributed by atoms with van der Waals surface area (Å²) in [6.07, 6.45) is 3.07. The first kappa shape index (κ1) is 29.3. The number of methoxy groups -OCH3 is 2. The summed E-state index contributed by atoms with van der Waals surface area (Å²) >= 11 is 0. The lowest BCUT2D eigenvalue weighted by molar-refractivity contribution is -0.146. The van der Waals surface area contributed by atoms with Crippen molar-refractivity contribution in [1.82, 2.24) is 25.0 Å². The summed E-state index contributed by atoms with van der Waals surface area (Å²) in [5.74, 6) is -1.17. The molecule has 220 valence electrons. The first-order chi connectivity index (χ1) is 20.9. The summed E-state index contributed by atoms with van der Waals surface area (Å²) in [5.41, 5.74) is 4.58. The standard InChI is InChI=1S/C32H31N5O6/c1-42-29-13-9-23(18-33-29)21-6-3-20(4-7-21)5-12-28(38)26(32(40)41)15-16-37-31(39)25-11-8-22(17-27(25)35-36-37)24-10-14-30(43-2)34-19-24/h3-4,6-11,13-14,17-19,26,28,38H,5,12,15-16H2,1-2H3,(H,40,41)/t26?,28-/m1/s1. The molecule has 11 nitrogen and oxygen atoms in total. The zero-order valence-electron chi connectivity index (χ0n) is 23.8. The molecule has 5 rings (SSSR count). The van der Waals surface area contributed by atoms with Gasteiger partial charge in [0.1, 0.15) is 5.52 Å². The lowest BCUT2D eigenvalue weighted by Gasteiger charge is -2.19. The summed E-state index contributed by atoms with van der Waals surface area (Å²) in [6, 6.07) is 20.3. The Bertz CT molecular complexity index is 1760. The minimum absolute atomic E-state index is 0.00451. The van der Waals surface area contributed by atoms with Crippen molar-refractivity contribution in [3.8, 4) is 34.0 Å². The average molecular weight is 582 g/mol. The number of ether oxygens (including phenoxy) is 2. The summed E-state index contributed by atoms with van der Waals surface area (Å²) in [4.78, 5) is 33.5. The number of aliphatic carboxylic acids is 1. The molecule has 5 aromatic rings. The number of carbonyl (C=O) groups is 1. The maximum atomic E-state index is 13.1. The van der Waals surface area contributed by atoms with Gasteiger partial charge in [0.2, 0.25) is 11.8 Å². The highest BCUT2D eigenvalue weighted by Gasteiger charge is 2.26. The van der Waals surface area contributed by atoms with Crippen LogP contribution in [0.25, 0.3) is 33.2 Å². The molecule has 0 radical (unpaired) electrons. The van der Waals surface area contributed by atoms with E-state index in [-0.39, 0.29) is 24.9 Å². The number of fused-ring (bicyclic) bond motifs is 1. The molecule has 2 N–H and O–H groups in total. The van der Waals surface area contributed by atoms with Gasteiger partial charge in [-0.05, 0) is 60.2 Å². The van der Waals surface area contributed by atoms with E-state index >= 15 is 0 Å². The van der Waals surface area contributed by atoms with E-state index < -0.39 is 18.0 Å². The van der Waals surface area contributed by atoms with Gasteiger partial charge in [-0.3, -0.25) is 9.59 Å². The Labute approximate surface area is 247 Å². The third-order valence-corrected chi connectivity index (χ3v) is 7.40. The van der Waals surface area contributed by atoms with Crippen LogP contribution in [0.4, 0.5) is 0 Å². The molecule has 43 heavy (non-hydrogen) atoms. The Morgan fingerprint density at radius 3 is 2.02 bits per heavy atom. The van der Waals surface area contributed by atoms with Crippen molar-refractivity contribution in [3.05, 3.63) is 95.0 Å². The van der Waals surface area contributed by atoms with E-state index in [0.29, 0.717) is 29.1 Å². The van der Waals surface area contributed by atoms with Crippen LogP contribution < -0.4 is 15.0 Å². The minimum Gasteiger partial charge on any atom is -0.481 e. The average Bonchev–Trinajstić information content (AvgIpc) is 3.05. The molecule has 0 bridgehead atoms. The molecule has 2 aromatic carbocycles. The first-order valence-electron chi connectivity index (χ1n) is 13.7. The second-order valence-corrected chi connectivity index (χ2v) is 10.1. The lowest BCUT2D eigenvalue weighted by Crippen LogP contribution is -2.32. The van der Waals surface area contributed by atoms with Crippen LogP contribution in [0.1, 0.15) is 18.4 Å². The van der Waals surface area contributed by atoms with Gasteiger partial charge in [0.05, 0.1) is 31.6 Å². The molecule has 1 unspecified atom stereocenters. The predicted molar refractivity (Wildman–Crippen MR) is 160 cm³/mol. The number of aryl methyl sites for hydroxylation is 2. The number of nitrogens with zero attached hydrogens (tertiary/aromatic N) is 5. The molecule has 0 aliphatic carbocycles. The fraction of sp³-hybridized carbons (Fsp3) is 0.250. The molecule has 0 aliphatic rings. The third kappa shape index (κ3) is 6.84. The van der Waals surface area contributed by atoms with E-state index in [1.807, 2.05) is 36.4 Å². The quantitative estimate of drug-likeness (QED) is 0.221. The number of aliphatic hydroxyl groups is 1. The van der Waals surface area contributed by atoms with Gasteiger partial charge in [0.15, 0.2) is 0 Å². The Balaban J connectivity index is 1.21. The second-order valence-electron chi connectivity index (χ2n) is 10.1. The van der Waals surface area contributed by atoms with Crippen LogP contribution >= 0.6 is 0 Å². The first-order valence-corrected chi connectivity index (χ1v) is 13.7. The van der Waals surface area contributed by atoms with Crippen molar-refractivity contribution in [2.45, 2.75) is 31.9 Å². The van der Waals surface area contributed by atoms with Gasteiger partial charge in [-0.1, -0.05) is 35.5 Å². The van der Waals surface area contributed by atoms with E-state index in [2.05, 4.69) is 20.3 Å². The van der Waals surface area contributed by atoms with Crippen LogP contribution in [0.15, 0.2) is 83.9 Å². The van der Waals surface area contributed by atoms with Gasteiger partial charge < -0.3 is 19.7 Å². The number of carboxylic acids is 1. The summed E-state index contributed by atoms with van der Waals surface area (Å²) in [5, 5.41) is 29.2. The molecule has 0 saturated heterocycles. The van der Waals surface area contributed by atoms with Gasteiger partial charge >= 0.3 is 5.97 Å². The maximum Gasteiger partial charge on any atom is 0.309 e. The fourth-order valence-electron chi connectivity index (χ4n) is 4.87. The number of rotatable bonds is 12. The molecule has 11 heteroatoms. The van der Waals surface area contributed by atoms with Crippen LogP contribution in [-0.4, -0.2) is 61.5 Å². The normalized spacial score (nSPS) is 12.5. The van der Waals surface area contributed by atoms with Crippen molar-refractivity contribution < 1.29 is 24.5 Å². The summed E-state index contributed by atoms with van der Waals surface area (Å²) in [7, 11) is 3.11. The smallest absolute Gasteiger partial charge is 0.309 e. The van der Waals surface area contributed by atoms with Crippen molar-refractivity contribution >= 4 is 16.9 Å². The van der Waals surface area contributed by atoms with E-state index in [0.717, 1.165) is 32.5 Å². The molecule has 3 aromatic heterocycles. The van der Waals surface area contributed by atoms with Crippen molar-refractivity contribution in [1.29, 1.82) is 0 Å². The highest BCUT2D eigenvalue weighted by molar-refractivity contribution is 5.83. The molecule has 0 saturated carbocycles. The van der Waals surface area contributed by atoms with Gasteiger partial charge in [-0.2, -0.15) is 0 Å². The number of benzene rings is 2. The summed E-state index contributed by atoms with van der Waals surface area (Å²) < 4.78 is 11.3. The number of carboxylic acid groups (broad SMARTS) is 1. The number of pyridine rings is 2. The molecule has 0 spiro atoms. The van der Waals surface area contributed by atoms with E-state index in [1.165, 1.54) is 0 Å². The summed E-state index contributed by atoms with van der Waals surface area (Å²) in [6.45, 7) is 0.00451. The fourth-order valence-corrected chi connectivity index (χ4v) is 4.87. The molecule has 0 aliphatic heterocycles. The van der Waals surface area contributed by atoms with E-state index in [1.54, 1.807) is 56.9 Å². The van der Waals surface area contributed by atoms with Gasteiger partial charge in [-0.25, -0.2) is 14.6 Å². The zero-order valence-corrected chi connectivity index (χ0v) is 23.8. The minimum atomic E-state index is -1.13. The monoisotopic (exact) mass is 581 g/mol. The zero-order chi connectivity index (χ0) is 30.3. The molecule has 0 amide bonds. The van der Waals surface area contributed by atoms with Crippen LogP contribution in [0.3, 0.4) is 0 Å². The van der Waals surface area contributed by atoms with Gasteiger partial charge in [0.25, 0.3) is 5.56 Å². The van der Waals surface area contributed by atoms with Gasteiger partial charge in [0, 0.05) is 42.2 Å². The number of hydrogen-bond acceptors (Lipinski definition) is 9. The molecular formula is C32H31N5O6. The molecule has 2 atom stereocenters.